The Morgan fingerprint density at radius 2 is 2.00 bits per heavy atom. The normalized spacial score (nSPS) is 13.3. The average molecular weight is 309 g/mol. The van der Waals surface area contributed by atoms with E-state index in [0.717, 1.165) is 11.3 Å². The zero-order valence-corrected chi connectivity index (χ0v) is 13.4. The van der Waals surface area contributed by atoms with Gasteiger partial charge in [0.05, 0.1) is 19.6 Å². The van der Waals surface area contributed by atoms with Crippen LogP contribution >= 0.6 is 0 Å². The summed E-state index contributed by atoms with van der Waals surface area (Å²) in [6.07, 6.45) is -0.641. The Kier molecular flexibility index (Phi) is 6.85. The van der Waals surface area contributed by atoms with Gasteiger partial charge in [0.25, 0.3) is 5.91 Å². The van der Waals surface area contributed by atoms with Crippen molar-refractivity contribution in [2.75, 3.05) is 20.7 Å². The first-order valence-electron chi connectivity index (χ1n) is 7.07. The second-order valence-corrected chi connectivity index (χ2v) is 5.26. The first-order valence-corrected chi connectivity index (χ1v) is 7.07. The van der Waals surface area contributed by atoms with Gasteiger partial charge >= 0.3 is 5.97 Å². The Labute approximate surface area is 130 Å². The summed E-state index contributed by atoms with van der Waals surface area (Å²) in [6, 6.07) is 7.41. The van der Waals surface area contributed by atoms with Crippen molar-refractivity contribution in [3.05, 3.63) is 29.8 Å². The van der Waals surface area contributed by atoms with Gasteiger partial charge in [0, 0.05) is 13.6 Å². The van der Waals surface area contributed by atoms with Crippen LogP contribution in [-0.4, -0.2) is 48.7 Å². The molecule has 0 saturated heterocycles. The van der Waals surface area contributed by atoms with Gasteiger partial charge in [-0.2, -0.15) is 0 Å². The molecule has 1 N–H and O–H groups in total. The van der Waals surface area contributed by atoms with Gasteiger partial charge < -0.3 is 19.5 Å². The maximum atomic E-state index is 12.1. The summed E-state index contributed by atoms with van der Waals surface area (Å²) in [6.45, 7) is 3.66. The number of amides is 1. The standard InChI is InChI=1S/C16H23NO5/c1-11(16(19)20)9-17(3)15(18)12(2)22-10-13-6-5-7-14(8-13)21-4/h5-8,11-12H,9-10H2,1-4H3,(H,19,20). The van der Waals surface area contributed by atoms with Crippen LogP contribution < -0.4 is 4.74 Å². The SMILES string of the molecule is COc1cccc(COC(C)C(=O)N(C)CC(C)C(=O)O)c1. The number of hydrogen-bond acceptors (Lipinski definition) is 4. The van der Waals surface area contributed by atoms with E-state index in [1.807, 2.05) is 24.3 Å². The monoisotopic (exact) mass is 309 g/mol. The number of ether oxygens (including phenoxy) is 2. The zero-order chi connectivity index (χ0) is 16.7. The van der Waals surface area contributed by atoms with Crippen LogP contribution in [0.15, 0.2) is 24.3 Å². The maximum Gasteiger partial charge on any atom is 0.308 e. The number of likely N-dealkylation sites (N-methyl/N-ethyl adjacent to an activating group) is 1. The van der Waals surface area contributed by atoms with E-state index in [9.17, 15) is 9.59 Å². The molecule has 0 aliphatic carbocycles. The third-order valence-corrected chi connectivity index (χ3v) is 3.33. The number of carbonyl (C=O) groups excluding carboxylic acids is 1. The molecule has 6 heteroatoms. The smallest absolute Gasteiger partial charge is 0.308 e. The number of carboxylic acid groups (broad SMARTS) is 1. The van der Waals surface area contributed by atoms with Gasteiger partial charge in [-0.3, -0.25) is 9.59 Å². The quantitative estimate of drug-likeness (QED) is 0.792. The van der Waals surface area contributed by atoms with E-state index in [2.05, 4.69) is 0 Å². The summed E-state index contributed by atoms with van der Waals surface area (Å²) in [5.74, 6) is -1.05. The fourth-order valence-electron chi connectivity index (χ4n) is 1.94. The summed E-state index contributed by atoms with van der Waals surface area (Å²) in [7, 11) is 3.16. The minimum Gasteiger partial charge on any atom is -0.497 e. The summed E-state index contributed by atoms with van der Waals surface area (Å²) in [4.78, 5) is 24.3. The molecule has 0 bridgehead atoms. The third kappa shape index (κ3) is 5.37. The van der Waals surface area contributed by atoms with Crippen LogP contribution in [0.5, 0.6) is 5.75 Å². The number of methoxy groups -OCH3 is 1. The molecular weight excluding hydrogens is 286 g/mol. The summed E-state index contributed by atoms with van der Waals surface area (Å²) in [5, 5.41) is 8.87. The van der Waals surface area contributed by atoms with Crippen LogP contribution in [0.25, 0.3) is 0 Å². The van der Waals surface area contributed by atoms with Gasteiger partial charge in [0.15, 0.2) is 0 Å². The highest BCUT2D eigenvalue weighted by atomic mass is 16.5. The van der Waals surface area contributed by atoms with Gasteiger partial charge in [-0.15, -0.1) is 0 Å². The molecule has 0 spiro atoms. The second-order valence-electron chi connectivity index (χ2n) is 5.26. The van der Waals surface area contributed by atoms with Crippen LogP contribution in [0.3, 0.4) is 0 Å². The van der Waals surface area contributed by atoms with Crippen molar-refractivity contribution < 1.29 is 24.2 Å². The van der Waals surface area contributed by atoms with E-state index in [0.29, 0.717) is 0 Å². The Balaban J connectivity index is 2.51. The second kappa shape index (κ2) is 8.38. The number of carboxylic acids is 1. The van der Waals surface area contributed by atoms with Crippen LogP contribution in [0.2, 0.25) is 0 Å². The van der Waals surface area contributed by atoms with Crippen molar-refractivity contribution in [1.29, 1.82) is 0 Å². The molecule has 1 aromatic rings. The Morgan fingerprint density at radius 3 is 2.59 bits per heavy atom. The lowest BCUT2D eigenvalue weighted by atomic mass is 10.1. The number of rotatable bonds is 8. The van der Waals surface area contributed by atoms with Crippen molar-refractivity contribution in [3.63, 3.8) is 0 Å². The summed E-state index contributed by atoms with van der Waals surface area (Å²) >= 11 is 0. The molecule has 0 fully saturated rings. The van der Waals surface area contributed by atoms with E-state index in [1.54, 1.807) is 28.0 Å². The molecule has 1 rings (SSSR count). The highest BCUT2D eigenvalue weighted by Crippen LogP contribution is 2.14. The van der Waals surface area contributed by atoms with Crippen LogP contribution in [0.1, 0.15) is 19.4 Å². The summed E-state index contributed by atoms with van der Waals surface area (Å²) in [5.41, 5.74) is 0.903. The number of aliphatic carboxylic acids is 1. The minimum absolute atomic E-state index is 0.154. The molecule has 0 radical (unpaired) electrons. The van der Waals surface area contributed by atoms with Gasteiger partial charge in [0.2, 0.25) is 0 Å². The van der Waals surface area contributed by atoms with Crippen LogP contribution in [0, 0.1) is 5.92 Å². The van der Waals surface area contributed by atoms with Gasteiger partial charge in [-0.25, -0.2) is 0 Å². The predicted molar refractivity (Wildman–Crippen MR) is 81.7 cm³/mol. The molecule has 2 atom stereocenters. The molecule has 1 aromatic carbocycles. The van der Waals surface area contributed by atoms with Crippen LogP contribution in [0.4, 0.5) is 0 Å². The Bertz CT molecular complexity index is 517. The van der Waals surface area contributed by atoms with Crippen molar-refractivity contribution in [2.24, 2.45) is 5.92 Å². The predicted octanol–water partition coefficient (Wildman–Crippen LogP) is 1.78. The third-order valence-electron chi connectivity index (χ3n) is 3.33. The lowest BCUT2D eigenvalue weighted by molar-refractivity contribution is -0.146. The molecular formula is C16H23NO5. The van der Waals surface area contributed by atoms with Gasteiger partial charge in [-0.05, 0) is 24.6 Å². The van der Waals surface area contributed by atoms with Crippen molar-refractivity contribution in [2.45, 2.75) is 26.6 Å². The molecule has 122 valence electrons. The lowest BCUT2D eigenvalue weighted by Crippen LogP contribution is -2.40. The Morgan fingerprint density at radius 1 is 1.32 bits per heavy atom. The molecule has 6 nitrogen and oxygen atoms in total. The van der Waals surface area contributed by atoms with E-state index < -0.39 is 18.0 Å². The zero-order valence-electron chi connectivity index (χ0n) is 13.4. The first-order chi connectivity index (χ1) is 10.3. The van der Waals surface area contributed by atoms with E-state index >= 15 is 0 Å². The number of benzene rings is 1. The highest BCUT2D eigenvalue weighted by Gasteiger charge is 2.22. The van der Waals surface area contributed by atoms with Gasteiger partial charge in [-0.1, -0.05) is 19.1 Å². The van der Waals surface area contributed by atoms with E-state index in [4.69, 9.17) is 14.6 Å². The van der Waals surface area contributed by atoms with E-state index in [1.165, 1.54) is 4.90 Å². The molecule has 22 heavy (non-hydrogen) atoms. The van der Waals surface area contributed by atoms with Crippen LogP contribution in [-0.2, 0) is 20.9 Å². The van der Waals surface area contributed by atoms with Crippen molar-refractivity contribution in [1.82, 2.24) is 4.90 Å². The number of hydrogen-bond donors (Lipinski definition) is 1. The largest absolute Gasteiger partial charge is 0.497 e. The molecule has 0 heterocycles. The maximum absolute atomic E-state index is 12.1. The molecule has 0 aromatic heterocycles. The molecule has 1 amide bonds. The highest BCUT2D eigenvalue weighted by molar-refractivity contribution is 5.81. The molecule has 0 saturated carbocycles. The fourth-order valence-corrected chi connectivity index (χ4v) is 1.94. The molecule has 2 unspecified atom stereocenters. The van der Waals surface area contributed by atoms with Crippen molar-refractivity contribution in [3.8, 4) is 5.75 Å². The lowest BCUT2D eigenvalue weighted by Gasteiger charge is -2.23. The topological polar surface area (TPSA) is 76.1 Å². The minimum atomic E-state index is -0.926. The van der Waals surface area contributed by atoms with E-state index in [-0.39, 0.29) is 19.1 Å². The number of nitrogens with zero attached hydrogens (tertiary/aromatic N) is 1. The van der Waals surface area contributed by atoms with Gasteiger partial charge in [0.1, 0.15) is 11.9 Å². The Hall–Kier alpha value is -2.08. The molecule has 0 aliphatic rings. The average Bonchev–Trinajstić information content (AvgIpc) is 2.51. The number of carbonyl (C=O) groups is 2. The first kappa shape index (κ1) is 18.0. The summed E-state index contributed by atoms with van der Waals surface area (Å²) < 4.78 is 10.7. The fraction of sp³-hybridized carbons (Fsp3) is 0.500. The van der Waals surface area contributed by atoms with Crippen molar-refractivity contribution >= 4 is 11.9 Å². The molecule has 0 aliphatic heterocycles.